The lowest BCUT2D eigenvalue weighted by atomic mass is 9.79. The van der Waals surface area contributed by atoms with Gasteiger partial charge in [0.25, 0.3) is 0 Å². The van der Waals surface area contributed by atoms with E-state index in [4.69, 9.17) is 18.9 Å². The van der Waals surface area contributed by atoms with Crippen molar-refractivity contribution in [1.29, 1.82) is 0 Å². The van der Waals surface area contributed by atoms with Crippen LogP contribution in [0.1, 0.15) is 42.4 Å². The number of hydrogen-bond donors (Lipinski definition) is 0. The van der Waals surface area contributed by atoms with Crippen LogP contribution in [0.2, 0.25) is 0 Å². The minimum Gasteiger partial charge on any atom is -0.458 e. The van der Waals surface area contributed by atoms with Crippen LogP contribution in [0.4, 0.5) is 0 Å². The molecule has 1 aliphatic carbocycles. The van der Waals surface area contributed by atoms with Gasteiger partial charge < -0.3 is 18.9 Å². The van der Waals surface area contributed by atoms with Crippen LogP contribution in [0, 0.1) is 0 Å². The van der Waals surface area contributed by atoms with Gasteiger partial charge in [0.15, 0.2) is 6.10 Å². The molecule has 0 aromatic heterocycles. The maximum Gasteiger partial charge on any atom is 0.330 e. The number of benzene rings is 1. The van der Waals surface area contributed by atoms with Crippen LogP contribution in [0.3, 0.4) is 0 Å². The average Bonchev–Trinajstić information content (AvgIpc) is 2.86. The molecule has 0 heterocycles. The summed E-state index contributed by atoms with van der Waals surface area (Å²) in [7, 11) is 0. The van der Waals surface area contributed by atoms with Gasteiger partial charge in [-0.25, -0.2) is 19.2 Å². The third-order valence-electron chi connectivity index (χ3n) is 5.31. The molecule has 1 saturated carbocycles. The Bertz CT molecular complexity index is 916. The molecule has 2 rings (SSSR count). The summed E-state index contributed by atoms with van der Waals surface area (Å²) in [6.45, 7) is 13.4. The Kier molecular flexibility index (Phi) is 10.0. The van der Waals surface area contributed by atoms with Gasteiger partial charge in [0.2, 0.25) is 0 Å². The summed E-state index contributed by atoms with van der Waals surface area (Å²) in [4.78, 5) is 47.0. The first-order valence-corrected chi connectivity index (χ1v) is 10.7. The predicted molar refractivity (Wildman–Crippen MR) is 123 cm³/mol. The second-order valence-electron chi connectivity index (χ2n) is 7.45. The molecule has 0 N–H and O–H groups in total. The van der Waals surface area contributed by atoms with E-state index in [0.717, 1.165) is 29.9 Å². The van der Waals surface area contributed by atoms with Crippen molar-refractivity contribution < 1.29 is 38.1 Å². The Balaban J connectivity index is 2.34. The monoisotopic (exact) mass is 468 g/mol. The highest BCUT2D eigenvalue weighted by Gasteiger charge is 2.39. The summed E-state index contributed by atoms with van der Waals surface area (Å²) >= 11 is 0. The fourth-order valence-corrected chi connectivity index (χ4v) is 3.74. The van der Waals surface area contributed by atoms with Crippen molar-refractivity contribution in [3.8, 4) is 0 Å². The molecule has 0 radical (unpaired) electrons. The topological polar surface area (TPSA) is 105 Å². The van der Waals surface area contributed by atoms with Crippen molar-refractivity contribution >= 4 is 23.9 Å². The molecule has 3 unspecified atom stereocenters. The number of ether oxygens (including phenoxy) is 4. The number of carbonyl (C=O) groups excluding carboxylic acids is 4. The average molecular weight is 469 g/mol. The van der Waals surface area contributed by atoms with E-state index in [1.165, 1.54) is 0 Å². The number of carbonyl (C=O) groups is 4. The molecular weight excluding hydrogens is 440 g/mol. The Hall–Kier alpha value is -3.94. The van der Waals surface area contributed by atoms with Gasteiger partial charge in [-0.05, 0) is 30.4 Å². The van der Waals surface area contributed by atoms with Crippen LogP contribution in [-0.2, 0) is 38.1 Å². The summed E-state index contributed by atoms with van der Waals surface area (Å²) in [5.74, 6) is -2.89. The molecule has 8 nitrogen and oxygen atoms in total. The first-order chi connectivity index (χ1) is 16.3. The molecule has 180 valence electrons. The van der Waals surface area contributed by atoms with Gasteiger partial charge >= 0.3 is 23.9 Å². The Morgan fingerprint density at radius 2 is 1.29 bits per heavy atom. The summed E-state index contributed by atoms with van der Waals surface area (Å²) < 4.78 is 21.5. The van der Waals surface area contributed by atoms with E-state index in [-0.39, 0.29) is 6.61 Å². The van der Waals surface area contributed by atoms with Crippen molar-refractivity contribution in [2.45, 2.75) is 43.5 Å². The predicted octanol–water partition coefficient (Wildman–Crippen LogP) is 3.65. The summed E-state index contributed by atoms with van der Waals surface area (Å²) in [5, 5.41) is 0. The maximum absolute atomic E-state index is 11.9. The fourth-order valence-electron chi connectivity index (χ4n) is 3.74. The third-order valence-corrected chi connectivity index (χ3v) is 5.31. The molecule has 8 heteroatoms. The summed E-state index contributed by atoms with van der Waals surface area (Å²) in [5.41, 5.74) is 1.31. The van der Waals surface area contributed by atoms with E-state index in [0.29, 0.717) is 24.8 Å². The lowest BCUT2D eigenvalue weighted by Gasteiger charge is -2.37. The molecule has 1 aliphatic rings. The first-order valence-electron chi connectivity index (χ1n) is 10.7. The smallest absolute Gasteiger partial charge is 0.330 e. The molecule has 0 saturated heterocycles. The van der Waals surface area contributed by atoms with Crippen LogP contribution < -0.4 is 0 Å². The van der Waals surface area contributed by atoms with Crippen LogP contribution in [0.15, 0.2) is 74.9 Å². The van der Waals surface area contributed by atoms with Crippen molar-refractivity contribution in [3.05, 3.63) is 86.0 Å². The molecule has 1 aromatic rings. The lowest BCUT2D eigenvalue weighted by Crippen LogP contribution is -2.39. The van der Waals surface area contributed by atoms with Gasteiger partial charge in [-0.15, -0.1) is 0 Å². The molecule has 0 aliphatic heterocycles. The van der Waals surface area contributed by atoms with E-state index in [9.17, 15) is 19.2 Å². The highest BCUT2D eigenvalue weighted by Crippen LogP contribution is 2.38. The van der Waals surface area contributed by atoms with E-state index in [1.807, 2.05) is 0 Å². The molecule has 3 atom stereocenters. The Morgan fingerprint density at radius 1 is 0.794 bits per heavy atom. The molecule has 1 aromatic carbocycles. The standard InChI is InChI=1S/C26H28O8/c1-5-22(27)31-16-21(34-25(30)8-4)17-12-14-18(15-13-17)26-19(32-23(28)6-2)10-9-11-20(26)33-24(29)7-3/h5-8,12-15,19-21,26H,1-4,9-11,16H2. The largest absolute Gasteiger partial charge is 0.458 e. The van der Waals surface area contributed by atoms with Crippen molar-refractivity contribution in [2.75, 3.05) is 6.61 Å². The molecule has 34 heavy (non-hydrogen) atoms. The van der Waals surface area contributed by atoms with Crippen LogP contribution in [0.25, 0.3) is 0 Å². The number of rotatable bonds is 11. The van der Waals surface area contributed by atoms with E-state index < -0.39 is 48.1 Å². The second-order valence-corrected chi connectivity index (χ2v) is 7.45. The summed E-state index contributed by atoms with van der Waals surface area (Å²) in [6.07, 6.45) is 4.13. The first kappa shape index (κ1) is 26.3. The minimum atomic E-state index is -0.876. The number of hydrogen-bond acceptors (Lipinski definition) is 8. The van der Waals surface area contributed by atoms with E-state index in [1.54, 1.807) is 24.3 Å². The molecule has 1 fully saturated rings. The van der Waals surface area contributed by atoms with Gasteiger partial charge in [0.1, 0.15) is 18.8 Å². The zero-order valence-electron chi connectivity index (χ0n) is 18.9. The Labute approximate surface area is 198 Å². The van der Waals surface area contributed by atoms with Gasteiger partial charge in [-0.3, -0.25) is 0 Å². The molecule has 0 spiro atoms. The van der Waals surface area contributed by atoms with Crippen molar-refractivity contribution in [3.63, 3.8) is 0 Å². The fraction of sp³-hybridized carbons (Fsp3) is 0.308. The summed E-state index contributed by atoms with van der Waals surface area (Å²) in [6, 6.07) is 6.93. The second kappa shape index (κ2) is 12.9. The van der Waals surface area contributed by atoms with Gasteiger partial charge in [0.05, 0.1) is 5.92 Å². The van der Waals surface area contributed by atoms with Gasteiger partial charge in [0, 0.05) is 24.3 Å². The number of esters is 4. The quantitative estimate of drug-likeness (QED) is 0.275. The molecule has 0 bridgehead atoms. The van der Waals surface area contributed by atoms with E-state index in [2.05, 4.69) is 26.3 Å². The highest BCUT2D eigenvalue weighted by atomic mass is 16.6. The minimum absolute atomic E-state index is 0.216. The maximum atomic E-state index is 11.9. The van der Waals surface area contributed by atoms with Crippen LogP contribution >= 0.6 is 0 Å². The van der Waals surface area contributed by atoms with Gasteiger partial charge in [-0.1, -0.05) is 50.6 Å². The zero-order chi connectivity index (χ0) is 25.1. The van der Waals surface area contributed by atoms with Crippen molar-refractivity contribution in [2.24, 2.45) is 0 Å². The SMILES string of the molecule is C=CC(=O)OCC(OC(=O)C=C)c1ccc(C2C(OC(=O)C=C)CCCC2OC(=O)C=C)cc1. The van der Waals surface area contributed by atoms with Crippen LogP contribution in [-0.4, -0.2) is 42.7 Å². The van der Waals surface area contributed by atoms with E-state index >= 15 is 0 Å². The molecular formula is C26H28O8. The molecule has 0 amide bonds. The Morgan fingerprint density at radius 3 is 1.76 bits per heavy atom. The normalized spacial score (nSPS) is 20.1. The van der Waals surface area contributed by atoms with Gasteiger partial charge in [-0.2, -0.15) is 0 Å². The van der Waals surface area contributed by atoms with Crippen LogP contribution in [0.5, 0.6) is 0 Å². The lowest BCUT2D eigenvalue weighted by molar-refractivity contribution is -0.155. The third kappa shape index (κ3) is 7.30. The van der Waals surface area contributed by atoms with Crippen molar-refractivity contribution in [1.82, 2.24) is 0 Å². The zero-order valence-corrected chi connectivity index (χ0v) is 18.9. The highest BCUT2D eigenvalue weighted by molar-refractivity contribution is 5.83.